The van der Waals surface area contributed by atoms with Gasteiger partial charge in [-0.2, -0.15) is 0 Å². The molecular weight excluding hydrogens is 231 g/mol. The van der Waals surface area contributed by atoms with E-state index in [1.54, 1.807) is 0 Å². The first kappa shape index (κ1) is 13.1. The maximum Gasteiger partial charge on any atom is 0.190 e. The molecule has 12 heavy (non-hydrogen) atoms. The third-order valence-corrected chi connectivity index (χ3v) is 2.56. The lowest BCUT2D eigenvalue weighted by molar-refractivity contribution is 0.612. The molecule has 0 aromatic rings. The molecule has 0 aliphatic heterocycles. The Balaban J connectivity index is 3.01. The number of unbranched alkanes of at least 4 members (excludes halogenated alkanes) is 4. The predicted octanol–water partition coefficient (Wildman–Crippen LogP) is 4.28. The zero-order valence-corrected chi connectivity index (χ0v) is 10.4. The Hall–Kier alpha value is 1.09. The number of rotatable bonds is 6. The van der Waals surface area contributed by atoms with Crippen LogP contribution in [0.25, 0.3) is 0 Å². The predicted molar refractivity (Wildman–Crippen MR) is 58.6 cm³/mol. The highest BCUT2D eigenvalue weighted by Gasteiger charge is 2.17. The Morgan fingerprint density at radius 2 is 1.33 bits per heavy atom. The van der Waals surface area contributed by atoms with E-state index in [-0.39, 0.29) is 0 Å². The van der Waals surface area contributed by atoms with Gasteiger partial charge in [-0.1, -0.05) is 66.5 Å². The minimum absolute atomic E-state index is 0.672. The second-order valence-electron chi connectivity index (χ2n) is 2.88. The van der Waals surface area contributed by atoms with Crippen molar-refractivity contribution in [2.45, 2.75) is 48.4 Å². The molecule has 0 aromatic heterocycles. The molecular formula is C8H14Cl3Si. The van der Waals surface area contributed by atoms with Crippen LogP contribution in [0.1, 0.15) is 38.5 Å². The molecule has 3 radical (unpaired) electrons. The summed E-state index contributed by atoms with van der Waals surface area (Å²) < 4.78 is -1.05. The van der Waals surface area contributed by atoms with E-state index in [1.165, 1.54) is 25.7 Å². The van der Waals surface area contributed by atoms with Crippen molar-refractivity contribution in [2.24, 2.45) is 0 Å². The second kappa shape index (κ2) is 7.49. The Bertz CT molecular complexity index is 101. The van der Waals surface area contributed by atoms with E-state index >= 15 is 0 Å². The van der Waals surface area contributed by atoms with E-state index in [2.05, 4.69) is 10.2 Å². The summed E-state index contributed by atoms with van der Waals surface area (Å²) in [5.74, 6) is 0. The lowest BCUT2D eigenvalue weighted by Crippen LogP contribution is -2.00. The van der Waals surface area contributed by atoms with Crippen LogP contribution in [0.5, 0.6) is 0 Å². The lowest BCUT2D eigenvalue weighted by Gasteiger charge is -2.09. The van der Waals surface area contributed by atoms with Crippen molar-refractivity contribution in [2.75, 3.05) is 0 Å². The highest BCUT2D eigenvalue weighted by Crippen LogP contribution is 2.32. The van der Waals surface area contributed by atoms with Crippen molar-refractivity contribution in [3.63, 3.8) is 0 Å². The van der Waals surface area contributed by atoms with Crippen LogP contribution in [-0.2, 0) is 0 Å². The average Bonchev–Trinajstić information content (AvgIpc) is 1.94. The summed E-state index contributed by atoms with van der Waals surface area (Å²) >= 11 is 16.8. The van der Waals surface area contributed by atoms with Crippen LogP contribution in [0.3, 0.4) is 0 Å². The first-order chi connectivity index (χ1) is 5.56. The van der Waals surface area contributed by atoms with Gasteiger partial charge in [0.2, 0.25) is 0 Å². The van der Waals surface area contributed by atoms with Crippen molar-refractivity contribution in [3.8, 4) is 0 Å². The molecule has 0 saturated heterocycles. The minimum atomic E-state index is -1.05. The van der Waals surface area contributed by atoms with Crippen molar-refractivity contribution < 1.29 is 0 Å². The highest BCUT2D eigenvalue weighted by molar-refractivity contribution is 6.67. The first-order valence-corrected chi connectivity index (χ1v) is 6.12. The average molecular weight is 245 g/mol. The summed E-state index contributed by atoms with van der Waals surface area (Å²) in [7, 11) is 3.43. The van der Waals surface area contributed by atoms with Crippen LogP contribution in [0, 0.1) is 0 Å². The summed E-state index contributed by atoms with van der Waals surface area (Å²) in [5, 5.41) is 0. The minimum Gasteiger partial charge on any atom is -0.0837 e. The quantitative estimate of drug-likeness (QED) is 0.372. The molecule has 0 bridgehead atoms. The number of alkyl halides is 3. The zero-order valence-electron chi connectivity index (χ0n) is 7.08. The molecule has 0 atom stereocenters. The van der Waals surface area contributed by atoms with E-state index in [9.17, 15) is 0 Å². The van der Waals surface area contributed by atoms with Crippen molar-refractivity contribution >= 4 is 45.0 Å². The molecule has 0 aliphatic carbocycles. The first-order valence-electron chi connectivity index (χ1n) is 4.27. The molecule has 0 saturated carbocycles. The number of hydrogen-bond acceptors (Lipinski definition) is 0. The van der Waals surface area contributed by atoms with E-state index in [0.717, 1.165) is 12.5 Å². The van der Waals surface area contributed by atoms with Crippen LogP contribution >= 0.6 is 34.8 Å². The topological polar surface area (TPSA) is 0 Å². The Morgan fingerprint density at radius 1 is 0.833 bits per heavy atom. The molecule has 0 heterocycles. The van der Waals surface area contributed by atoms with Crippen LogP contribution in [0.15, 0.2) is 0 Å². The molecule has 0 unspecified atom stereocenters. The number of hydrogen-bond donors (Lipinski definition) is 0. The molecule has 0 rings (SSSR count). The van der Waals surface area contributed by atoms with Gasteiger partial charge < -0.3 is 0 Å². The third kappa shape index (κ3) is 11.1. The van der Waals surface area contributed by atoms with Gasteiger partial charge in [0.05, 0.1) is 0 Å². The van der Waals surface area contributed by atoms with Gasteiger partial charge in [-0.25, -0.2) is 0 Å². The van der Waals surface area contributed by atoms with Crippen LogP contribution < -0.4 is 0 Å². The van der Waals surface area contributed by atoms with Crippen LogP contribution in [0.2, 0.25) is 6.04 Å². The standard InChI is InChI=1S/C8H14Cl3Si/c9-8(10,11)6-4-2-1-3-5-7-12/h1-7H2. The van der Waals surface area contributed by atoms with E-state index < -0.39 is 3.79 Å². The molecule has 0 spiro atoms. The largest absolute Gasteiger partial charge is 0.190 e. The Kier molecular flexibility index (Phi) is 8.17. The van der Waals surface area contributed by atoms with Gasteiger partial charge in [0.25, 0.3) is 0 Å². The summed E-state index contributed by atoms with van der Waals surface area (Å²) in [6, 6.07) is 1.09. The monoisotopic (exact) mass is 243 g/mol. The van der Waals surface area contributed by atoms with Gasteiger partial charge in [0.1, 0.15) is 0 Å². The zero-order chi connectivity index (χ0) is 9.45. The maximum absolute atomic E-state index is 5.60. The third-order valence-electron chi connectivity index (χ3n) is 1.64. The van der Waals surface area contributed by atoms with Gasteiger partial charge in [-0.3, -0.25) is 0 Å². The molecule has 0 N–H and O–H groups in total. The van der Waals surface area contributed by atoms with Crippen molar-refractivity contribution in [1.82, 2.24) is 0 Å². The lowest BCUT2D eigenvalue weighted by atomic mass is 10.1. The van der Waals surface area contributed by atoms with Crippen molar-refractivity contribution in [3.05, 3.63) is 0 Å². The second-order valence-corrected chi connectivity index (χ2v) is 5.90. The van der Waals surface area contributed by atoms with Gasteiger partial charge in [0, 0.05) is 10.2 Å². The summed E-state index contributed by atoms with van der Waals surface area (Å²) in [5.41, 5.74) is 0. The smallest absolute Gasteiger partial charge is 0.0837 e. The Morgan fingerprint density at radius 3 is 1.83 bits per heavy atom. The normalized spacial score (nSPS) is 12.0. The van der Waals surface area contributed by atoms with E-state index in [0.29, 0.717) is 6.42 Å². The maximum atomic E-state index is 5.60. The highest BCUT2D eigenvalue weighted by atomic mass is 35.6. The van der Waals surface area contributed by atoms with Crippen molar-refractivity contribution in [1.29, 1.82) is 0 Å². The summed E-state index contributed by atoms with van der Waals surface area (Å²) in [4.78, 5) is 0. The Labute approximate surface area is 93.4 Å². The molecule has 4 heteroatoms. The fraction of sp³-hybridized carbons (Fsp3) is 1.00. The SMILES string of the molecule is [Si]CCCCCCCC(Cl)(Cl)Cl. The van der Waals surface area contributed by atoms with Gasteiger partial charge in [-0.15, -0.1) is 0 Å². The van der Waals surface area contributed by atoms with E-state index in [1.807, 2.05) is 0 Å². The van der Waals surface area contributed by atoms with Gasteiger partial charge in [0.15, 0.2) is 3.79 Å². The molecule has 0 fully saturated rings. The fourth-order valence-corrected chi connectivity index (χ4v) is 1.63. The summed E-state index contributed by atoms with van der Waals surface area (Å²) in [6.45, 7) is 0. The van der Waals surface area contributed by atoms with Gasteiger partial charge in [-0.05, 0) is 12.8 Å². The van der Waals surface area contributed by atoms with Crippen LogP contribution in [-0.4, -0.2) is 14.0 Å². The van der Waals surface area contributed by atoms with E-state index in [4.69, 9.17) is 34.8 Å². The molecule has 0 nitrogen and oxygen atoms in total. The molecule has 0 amide bonds. The number of halogens is 3. The van der Waals surface area contributed by atoms with Gasteiger partial charge >= 0.3 is 0 Å². The molecule has 0 aromatic carbocycles. The summed E-state index contributed by atoms with van der Waals surface area (Å²) in [6.07, 6.45) is 6.60. The molecule has 71 valence electrons. The molecule has 0 aliphatic rings. The van der Waals surface area contributed by atoms with Crippen LogP contribution in [0.4, 0.5) is 0 Å². The fourth-order valence-electron chi connectivity index (χ4n) is 0.981.